The van der Waals surface area contributed by atoms with Gasteiger partial charge < -0.3 is 10.1 Å². The third kappa shape index (κ3) is 3.76. The number of hydrogen-bond donors (Lipinski definition) is 1. The lowest BCUT2D eigenvalue weighted by atomic mass is 10.0. The molecule has 2 aromatic rings. The number of carbonyl (C=O) groups is 1. The standard InChI is InChI=1S/C21H26FN3O2/c1-13(2)20-18(21(26)23-12-17-4-3-11-27-17)19(14-5-6-14)24-25(20)16-9-7-15(22)8-10-16/h7-10,13-14,17H,3-6,11-12H2,1-2H3,(H,23,26)/t17-/m1/s1. The van der Waals surface area contributed by atoms with Gasteiger partial charge in [0.25, 0.3) is 5.91 Å². The summed E-state index contributed by atoms with van der Waals surface area (Å²) in [6.07, 6.45) is 4.26. The van der Waals surface area contributed by atoms with E-state index in [1.807, 2.05) is 4.68 Å². The molecule has 2 heterocycles. The van der Waals surface area contributed by atoms with Crippen LogP contribution in [0, 0.1) is 5.82 Å². The van der Waals surface area contributed by atoms with Gasteiger partial charge in [-0.3, -0.25) is 4.79 Å². The highest BCUT2D eigenvalue weighted by Gasteiger charge is 2.35. The first kappa shape index (κ1) is 18.2. The molecule has 5 nitrogen and oxygen atoms in total. The van der Waals surface area contributed by atoms with Crippen molar-refractivity contribution in [3.8, 4) is 5.69 Å². The molecule has 6 heteroatoms. The topological polar surface area (TPSA) is 56.1 Å². The van der Waals surface area contributed by atoms with E-state index in [4.69, 9.17) is 9.84 Å². The van der Waals surface area contributed by atoms with Crippen molar-refractivity contribution in [1.29, 1.82) is 0 Å². The Balaban J connectivity index is 1.70. The Bertz CT molecular complexity index is 819. The van der Waals surface area contributed by atoms with Crippen LogP contribution < -0.4 is 5.32 Å². The van der Waals surface area contributed by atoms with Crippen LogP contribution in [0.25, 0.3) is 5.69 Å². The molecule has 1 aromatic carbocycles. The molecule has 1 aliphatic heterocycles. The van der Waals surface area contributed by atoms with Gasteiger partial charge in [-0.25, -0.2) is 9.07 Å². The molecule has 2 aliphatic rings. The van der Waals surface area contributed by atoms with Gasteiger partial charge in [0.1, 0.15) is 5.82 Å². The Morgan fingerprint density at radius 3 is 2.63 bits per heavy atom. The number of hydrogen-bond acceptors (Lipinski definition) is 3. The lowest BCUT2D eigenvalue weighted by Gasteiger charge is -2.14. The largest absolute Gasteiger partial charge is 0.376 e. The highest BCUT2D eigenvalue weighted by atomic mass is 19.1. The lowest BCUT2D eigenvalue weighted by Crippen LogP contribution is -2.32. The van der Waals surface area contributed by atoms with Gasteiger partial charge in [-0.1, -0.05) is 13.8 Å². The summed E-state index contributed by atoms with van der Waals surface area (Å²) in [6, 6.07) is 6.27. The van der Waals surface area contributed by atoms with Gasteiger partial charge in [0.05, 0.1) is 28.7 Å². The third-order valence-corrected chi connectivity index (χ3v) is 5.27. The fourth-order valence-corrected chi connectivity index (χ4v) is 3.74. The second-order valence-electron chi connectivity index (χ2n) is 7.81. The highest BCUT2D eigenvalue weighted by molar-refractivity contribution is 5.97. The van der Waals surface area contributed by atoms with E-state index >= 15 is 0 Å². The summed E-state index contributed by atoms with van der Waals surface area (Å²) in [5.74, 6) is 0.0876. The number of benzene rings is 1. The molecular formula is C21H26FN3O2. The fourth-order valence-electron chi connectivity index (χ4n) is 3.74. The van der Waals surface area contributed by atoms with Crippen molar-refractivity contribution in [2.75, 3.05) is 13.2 Å². The van der Waals surface area contributed by atoms with Crippen LogP contribution in [0.1, 0.15) is 73.1 Å². The number of nitrogens with zero attached hydrogens (tertiary/aromatic N) is 2. The van der Waals surface area contributed by atoms with Crippen molar-refractivity contribution in [2.45, 2.75) is 57.5 Å². The first-order valence-electron chi connectivity index (χ1n) is 9.83. The van der Waals surface area contributed by atoms with Crippen molar-refractivity contribution in [2.24, 2.45) is 0 Å². The maximum Gasteiger partial charge on any atom is 0.255 e. The van der Waals surface area contributed by atoms with Gasteiger partial charge in [0, 0.05) is 19.1 Å². The van der Waals surface area contributed by atoms with Gasteiger partial charge in [0.15, 0.2) is 0 Å². The second kappa shape index (κ2) is 7.43. The summed E-state index contributed by atoms with van der Waals surface area (Å²) in [4.78, 5) is 13.1. The molecule has 1 aromatic heterocycles. The van der Waals surface area contributed by atoms with Crippen molar-refractivity contribution in [3.63, 3.8) is 0 Å². The monoisotopic (exact) mass is 371 g/mol. The van der Waals surface area contributed by atoms with E-state index in [0.717, 1.165) is 49.4 Å². The summed E-state index contributed by atoms with van der Waals surface area (Å²) in [7, 11) is 0. The molecule has 2 fully saturated rings. The van der Waals surface area contributed by atoms with Crippen LogP contribution in [0.2, 0.25) is 0 Å². The highest BCUT2D eigenvalue weighted by Crippen LogP contribution is 2.43. The summed E-state index contributed by atoms with van der Waals surface area (Å²) in [5, 5.41) is 7.85. The minimum absolute atomic E-state index is 0.0792. The van der Waals surface area contributed by atoms with E-state index in [2.05, 4.69) is 19.2 Å². The lowest BCUT2D eigenvalue weighted by molar-refractivity contribution is 0.0856. The van der Waals surface area contributed by atoms with Crippen LogP contribution in [0.4, 0.5) is 4.39 Å². The van der Waals surface area contributed by atoms with E-state index < -0.39 is 0 Å². The molecule has 1 atom stereocenters. The summed E-state index contributed by atoms with van der Waals surface area (Å²) in [6.45, 7) is 5.42. The second-order valence-corrected chi connectivity index (χ2v) is 7.81. The maximum absolute atomic E-state index is 13.4. The molecule has 1 amide bonds. The number of aromatic nitrogens is 2. The molecule has 1 saturated carbocycles. The minimum atomic E-state index is -0.283. The zero-order valence-electron chi connectivity index (χ0n) is 15.9. The molecule has 1 N–H and O–H groups in total. The number of amides is 1. The van der Waals surface area contributed by atoms with E-state index in [-0.39, 0.29) is 23.7 Å². The Labute approximate surface area is 158 Å². The zero-order chi connectivity index (χ0) is 19.0. The van der Waals surface area contributed by atoms with Crippen molar-refractivity contribution in [1.82, 2.24) is 15.1 Å². The number of carbonyl (C=O) groups excluding carboxylic acids is 1. The predicted molar refractivity (Wildman–Crippen MR) is 101 cm³/mol. The van der Waals surface area contributed by atoms with Crippen LogP contribution in [-0.2, 0) is 4.74 Å². The molecule has 0 radical (unpaired) electrons. The maximum atomic E-state index is 13.4. The molecule has 0 bridgehead atoms. The first-order valence-corrected chi connectivity index (χ1v) is 9.83. The quantitative estimate of drug-likeness (QED) is 0.837. The van der Waals surface area contributed by atoms with Crippen LogP contribution in [-0.4, -0.2) is 34.9 Å². The molecule has 144 valence electrons. The number of ether oxygens (including phenoxy) is 1. The Morgan fingerprint density at radius 1 is 1.30 bits per heavy atom. The van der Waals surface area contributed by atoms with Gasteiger partial charge >= 0.3 is 0 Å². The zero-order valence-corrected chi connectivity index (χ0v) is 15.9. The van der Waals surface area contributed by atoms with Gasteiger partial charge in [0.2, 0.25) is 0 Å². The van der Waals surface area contributed by atoms with Crippen molar-refractivity contribution in [3.05, 3.63) is 47.0 Å². The normalized spacial score (nSPS) is 19.6. The Morgan fingerprint density at radius 2 is 2.04 bits per heavy atom. The predicted octanol–water partition coefficient (Wildman–Crippen LogP) is 3.92. The molecule has 1 saturated heterocycles. The summed E-state index contributed by atoms with van der Waals surface area (Å²) >= 11 is 0. The Kier molecular flexibility index (Phi) is 5.00. The summed E-state index contributed by atoms with van der Waals surface area (Å²) in [5.41, 5.74) is 3.22. The Hall–Kier alpha value is -2.21. The molecule has 4 rings (SSSR count). The van der Waals surface area contributed by atoms with Crippen molar-refractivity contribution >= 4 is 5.91 Å². The van der Waals surface area contributed by atoms with Crippen LogP contribution in [0.15, 0.2) is 24.3 Å². The number of rotatable bonds is 6. The van der Waals surface area contributed by atoms with Gasteiger partial charge in [-0.2, -0.15) is 5.10 Å². The van der Waals surface area contributed by atoms with E-state index in [0.29, 0.717) is 18.0 Å². The van der Waals surface area contributed by atoms with Crippen LogP contribution in [0.5, 0.6) is 0 Å². The SMILES string of the molecule is CC(C)c1c(C(=O)NC[C@H]2CCCO2)c(C2CC2)nn1-c1ccc(F)cc1. The first-order chi connectivity index (χ1) is 13.0. The van der Waals surface area contributed by atoms with Crippen LogP contribution >= 0.6 is 0 Å². The average molecular weight is 371 g/mol. The van der Waals surface area contributed by atoms with E-state index in [1.54, 1.807) is 12.1 Å². The smallest absolute Gasteiger partial charge is 0.255 e. The molecule has 0 unspecified atom stereocenters. The minimum Gasteiger partial charge on any atom is -0.376 e. The van der Waals surface area contributed by atoms with Crippen molar-refractivity contribution < 1.29 is 13.9 Å². The van der Waals surface area contributed by atoms with E-state index in [1.165, 1.54) is 12.1 Å². The fraction of sp³-hybridized carbons (Fsp3) is 0.524. The molecule has 0 spiro atoms. The van der Waals surface area contributed by atoms with Gasteiger partial charge in [-0.15, -0.1) is 0 Å². The number of nitrogens with one attached hydrogen (secondary N) is 1. The third-order valence-electron chi connectivity index (χ3n) is 5.27. The molecule has 1 aliphatic carbocycles. The number of halogens is 1. The average Bonchev–Trinajstić information content (AvgIpc) is 3.21. The van der Waals surface area contributed by atoms with Crippen LogP contribution in [0.3, 0.4) is 0 Å². The molecule has 27 heavy (non-hydrogen) atoms. The molecular weight excluding hydrogens is 345 g/mol. The summed E-state index contributed by atoms with van der Waals surface area (Å²) < 4.78 is 20.8. The van der Waals surface area contributed by atoms with Gasteiger partial charge in [-0.05, 0) is 55.9 Å². The van der Waals surface area contributed by atoms with E-state index in [9.17, 15) is 9.18 Å².